The van der Waals surface area contributed by atoms with E-state index >= 15 is 0 Å². The van der Waals surface area contributed by atoms with Gasteiger partial charge in [-0.15, -0.1) is 11.3 Å². The minimum absolute atomic E-state index is 0.0416. The molecule has 24 heavy (non-hydrogen) atoms. The highest BCUT2D eigenvalue weighted by Crippen LogP contribution is 2.33. The Morgan fingerprint density at radius 2 is 1.79 bits per heavy atom. The van der Waals surface area contributed by atoms with Crippen LogP contribution in [0.15, 0.2) is 23.6 Å². The smallest absolute Gasteiger partial charge is 0.273 e. The molecule has 2 aromatic rings. The van der Waals surface area contributed by atoms with Crippen molar-refractivity contribution in [2.45, 2.75) is 25.7 Å². The fourth-order valence-electron chi connectivity index (χ4n) is 2.91. The molecule has 0 atom stereocenters. The van der Waals surface area contributed by atoms with E-state index in [0.29, 0.717) is 17.2 Å². The van der Waals surface area contributed by atoms with Crippen molar-refractivity contribution in [3.05, 3.63) is 29.3 Å². The molecule has 128 valence electrons. The highest BCUT2D eigenvalue weighted by atomic mass is 32.1. The Kier molecular flexibility index (Phi) is 5.35. The van der Waals surface area contributed by atoms with E-state index in [1.165, 1.54) is 24.2 Å². The third-order valence-electron chi connectivity index (χ3n) is 4.25. The van der Waals surface area contributed by atoms with Crippen LogP contribution in [-0.4, -0.2) is 43.1 Å². The molecule has 0 radical (unpaired) electrons. The number of amides is 1. The van der Waals surface area contributed by atoms with Crippen molar-refractivity contribution in [3.8, 4) is 22.1 Å². The van der Waals surface area contributed by atoms with Crippen LogP contribution in [0.1, 0.15) is 36.2 Å². The van der Waals surface area contributed by atoms with Crippen molar-refractivity contribution in [1.29, 1.82) is 0 Å². The summed E-state index contributed by atoms with van der Waals surface area (Å²) in [4.78, 5) is 19.1. The molecule has 6 heteroatoms. The minimum Gasteiger partial charge on any atom is -0.493 e. The number of hydrogen-bond acceptors (Lipinski definition) is 5. The van der Waals surface area contributed by atoms with Gasteiger partial charge in [0.05, 0.1) is 14.2 Å². The molecule has 3 rings (SSSR count). The third kappa shape index (κ3) is 3.53. The maximum atomic E-state index is 12.6. The predicted molar refractivity (Wildman–Crippen MR) is 95.0 cm³/mol. The second-order valence-corrected chi connectivity index (χ2v) is 6.67. The lowest BCUT2D eigenvalue weighted by molar-refractivity contribution is 0.0756. The van der Waals surface area contributed by atoms with Gasteiger partial charge >= 0.3 is 0 Å². The summed E-state index contributed by atoms with van der Waals surface area (Å²) in [5, 5.41) is 2.66. The Labute approximate surface area is 146 Å². The maximum Gasteiger partial charge on any atom is 0.273 e. The summed E-state index contributed by atoms with van der Waals surface area (Å²) in [5.74, 6) is 1.38. The zero-order valence-corrected chi connectivity index (χ0v) is 14.9. The molecule has 2 heterocycles. The number of rotatable bonds is 4. The van der Waals surface area contributed by atoms with E-state index in [2.05, 4.69) is 4.98 Å². The Balaban J connectivity index is 1.81. The van der Waals surface area contributed by atoms with Crippen molar-refractivity contribution in [1.82, 2.24) is 9.88 Å². The van der Waals surface area contributed by atoms with E-state index in [1.54, 1.807) is 14.2 Å². The number of likely N-dealkylation sites (tertiary alicyclic amines) is 1. The van der Waals surface area contributed by atoms with E-state index in [-0.39, 0.29) is 5.91 Å². The molecule has 0 aliphatic carbocycles. The van der Waals surface area contributed by atoms with Crippen molar-refractivity contribution in [3.63, 3.8) is 0 Å². The van der Waals surface area contributed by atoms with Gasteiger partial charge in [0, 0.05) is 24.0 Å². The monoisotopic (exact) mass is 346 g/mol. The van der Waals surface area contributed by atoms with Gasteiger partial charge in [0.25, 0.3) is 5.91 Å². The molecule has 0 spiro atoms. The number of aromatic nitrogens is 1. The summed E-state index contributed by atoms with van der Waals surface area (Å²) in [5.41, 5.74) is 1.46. The minimum atomic E-state index is 0.0416. The van der Waals surface area contributed by atoms with Gasteiger partial charge in [-0.25, -0.2) is 4.98 Å². The van der Waals surface area contributed by atoms with Crippen LogP contribution in [0.2, 0.25) is 0 Å². The van der Waals surface area contributed by atoms with E-state index < -0.39 is 0 Å². The first-order valence-corrected chi connectivity index (χ1v) is 9.08. The van der Waals surface area contributed by atoms with Crippen LogP contribution in [0.5, 0.6) is 11.5 Å². The van der Waals surface area contributed by atoms with Gasteiger partial charge in [-0.2, -0.15) is 0 Å². The average molecular weight is 346 g/mol. The summed E-state index contributed by atoms with van der Waals surface area (Å²) in [7, 11) is 3.22. The third-order valence-corrected chi connectivity index (χ3v) is 5.14. The van der Waals surface area contributed by atoms with Gasteiger partial charge < -0.3 is 14.4 Å². The first-order valence-electron chi connectivity index (χ1n) is 8.20. The fraction of sp³-hybridized carbons (Fsp3) is 0.444. The highest BCUT2D eigenvalue weighted by Gasteiger charge is 2.20. The Morgan fingerprint density at radius 3 is 2.46 bits per heavy atom. The van der Waals surface area contributed by atoms with Gasteiger partial charge in [-0.3, -0.25) is 4.79 Å². The number of hydrogen-bond donors (Lipinski definition) is 0. The molecule has 5 nitrogen and oxygen atoms in total. The van der Waals surface area contributed by atoms with Gasteiger partial charge in [0.1, 0.15) is 10.7 Å². The Morgan fingerprint density at radius 1 is 1.08 bits per heavy atom. The van der Waals surface area contributed by atoms with Crippen molar-refractivity contribution in [2.24, 2.45) is 0 Å². The van der Waals surface area contributed by atoms with Gasteiger partial charge in [-0.05, 0) is 31.0 Å². The number of ether oxygens (including phenoxy) is 2. The molecule has 0 N–H and O–H groups in total. The van der Waals surface area contributed by atoms with Gasteiger partial charge in [0.15, 0.2) is 11.5 Å². The highest BCUT2D eigenvalue weighted by molar-refractivity contribution is 7.13. The molecule has 1 aliphatic heterocycles. The average Bonchev–Trinajstić information content (AvgIpc) is 2.96. The summed E-state index contributed by atoms with van der Waals surface area (Å²) < 4.78 is 10.6. The fourth-order valence-corrected chi connectivity index (χ4v) is 3.70. The molecule has 0 unspecified atom stereocenters. The van der Waals surface area contributed by atoms with Crippen LogP contribution < -0.4 is 9.47 Å². The molecule has 1 aromatic carbocycles. The summed E-state index contributed by atoms with van der Waals surface area (Å²) in [6.07, 6.45) is 4.58. The van der Waals surface area contributed by atoms with Crippen LogP contribution in [-0.2, 0) is 0 Å². The molecular weight excluding hydrogens is 324 g/mol. The summed E-state index contributed by atoms with van der Waals surface area (Å²) >= 11 is 1.48. The van der Waals surface area contributed by atoms with E-state index in [9.17, 15) is 4.79 Å². The summed E-state index contributed by atoms with van der Waals surface area (Å²) in [6.45, 7) is 1.67. The lowest BCUT2D eigenvalue weighted by Gasteiger charge is -2.18. The van der Waals surface area contributed by atoms with Crippen molar-refractivity contribution < 1.29 is 14.3 Å². The van der Waals surface area contributed by atoms with Crippen molar-refractivity contribution >= 4 is 17.2 Å². The number of benzene rings is 1. The molecular formula is C18H22N2O3S. The maximum absolute atomic E-state index is 12.6. The number of nitrogens with zero attached hydrogens (tertiary/aromatic N) is 2. The van der Waals surface area contributed by atoms with Crippen LogP contribution >= 0.6 is 11.3 Å². The van der Waals surface area contributed by atoms with Crippen molar-refractivity contribution in [2.75, 3.05) is 27.3 Å². The Hall–Kier alpha value is -2.08. The van der Waals surface area contributed by atoms with E-state index in [1.807, 2.05) is 28.5 Å². The Bertz CT molecular complexity index is 706. The van der Waals surface area contributed by atoms with Crippen LogP contribution in [0.4, 0.5) is 0 Å². The topological polar surface area (TPSA) is 51.7 Å². The second-order valence-electron chi connectivity index (χ2n) is 5.81. The first-order chi connectivity index (χ1) is 11.7. The molecule has 0 saturated carbocycles. The number of carbonyl (C=O) groups is 1. The lowest BCUT2D eigenvalue weighted by Crippen LogP contribution is -2.32. The molecule has 0 bridgehead atoms. The predicted octanol–water partition coefficient (Wildman–Crippen LogP) is 3.84. The first kappa shape index (κ1) is 16.8. The van der Waals surface area contributed by atoms with Gasteiger partial charge in [-0.1, -0.05) is 12.8 Å². The zero-order chi connectivity index (χ0) is 16.9. The second kappa shape index (κ2) is 7.66. The SMILES string of the molecule is COc1ccc(-c2nc(C(=O)N3CCCCCC3)cs2)cc1OC. The molecule has 1 amide bonds. The lowest BCUT2D eigenvalue weighted by atomic mass is 10.2. The quantitative estimate of drug-likeness (QED) is 0.844. The van der Waals surface area contributed by atoms with Gasteiger partial charge in [0.2, 0.25) is 0 Å². The molecule has 1 aromatic heterocycles. The molecule has 1 fully saturated rings. The van der Waals surface area contributed by atoms with Crippen LogP contribution in [0, 0.1) is 0 Å². The van der Waals surface area contributed by atoms with E-state index in [4.69, 9.17) is 9.47 Å². The number of carbonyl (C=O) groups excluding carboxylic acids is 1. The van der Waals surface area contributed by atoms with Crippen LogP contribution in [0.3, 0.4) is 0 Å². The standard InChI is InChI=1S/C18H22N2O3S/c1-22-15-8-7-13(11-16(15)23-2)17-19-14(12-24-17)18(21)20-9-5-3-4-6-10-20/h7-8,11-12H,3-6,9-10H2,1-2H3. The number of methoxy groups -OCH3 is 2. The largest absolute Gasteiger partial charge is 0.493 e. The zero-order valence-electron chi connectivity index (χ0n) is 14.1. The number of thiazole rings is 1. The normalized spacial score (nSPS) is 15.0. The molecule has 1 saturated heterocycles. The summed E-state index contributed by atoms with van der Waals surface area (Å²) in [6, 6.07) is 5.67. The van der Waals surface area contributed by atoms with Crippen LogP contribution in [0.25, 0.3) is 10.6 Å². The molecule has 1 aliphatic rings. The van der Waals surface area contributed by atoms with E-state index in [0.717, 1.165) is 36.5 Å².